The molecule has 0 saturated heterocycles. The fourth-order valence-corrected chi connectivity index (χ4v) is 2.99. The maximum Gasteiger partial charge on any atom is 0.307 e. The first kappa shape index (κ1) is 17.2. The molecule has 7 heteroatoms. The van der Waals surface area contributed by atoms with Crippen molar-refractivity contribution >= 4 is 17.2 Å². The molecule has 0 atom stereocenters. The molecule has 0 radical (unpaired) electrons. The zero-order valence-corrected chi connectivity index (χ0v) is 14.4. The fraction of sp³-hybridized carbons (Fsp3) is 0.438. The van der Waals surface area contributed by atoms with Crippen LogP contribution in [0.25, 0.3) is 0 Å². The van der Waals surface area contributed by atoms with Gasteiger partial charge < -0.3 is 14.6 Å². The monoisotopic (exact) mass is 335 g/mol. The second-order valence-corrected chi connectivity index (χ2v) is 6.29. The zero-order chi connectivity index (χ0) is 16.8. The summed E-state index contributed by atoms with van der Waals surface area (Å²) in [7, 11) is 0. The number of aromatic nitrogens is 2. The van der Waals surface area contributed by atoms with Gasteiger partial charge in [0.1, 0.15) is 0 Å². The molecule has 124 valence electrons. The summed E-state index contributed by atoms with van der Waals surface area (Å²) in [5.74, 6) is 0.463. The lowest BCUT2D eigenvalue weighted by molar-refractivity contribution is -0.121. The molecule has 0 unspecified atom stereocenters. The number of hydrogen-bond acceptors (Lipinski definition) is 5. The number of aryl methyl sites for hydroxylation is 1. The maximum atomic E-state index is 12.0. The molecule has 2 heterocycles. The molecule has 6 nitrogen and oxygen atoms in total. The molecule has 0 saturated carbocycles. The van der Waals surface area contributed by atoms with Crippen LogP contribution in [0.15, 0.2) is 23.1 Å². The minimum atomic E-state index is -0.0880. The van der Waals surface area contributed by atoms with Crippen LogP contribution < -0.4 is 14.9 Å². The largest absolute Gasteiger partial charge is 0.478 e. The van der Waals surface area contributed by atoms with Crippen molar-refractivity contribution in [3.8, 4) is 5.88 Å². The summed E-state index contributed by atoms with van der Waals surface area (Å²) in [6.45, 7) is 7.08. The van der Waals surface area contributed by atoms with Crippen molar-refractivity contribution in [1.29, 1.82) is 0 Å². The number of rotatable bonds is 7. The number of nitrogens with one attached hydrogen (secondary N) is 1. The topological polar surface area (TPSA) is 73.2 Å². The Morgan fingerprint density at radius 3 is 2.87 bits per heavy atom. The van der Waals surface area contributed by atoms with Gasteiger partial charge in [0.15, 0.2) is 0 Å². The molecule has 1 N–H and O–H groups in total. The number of amides is 1. The molecule has 2 rings (SSSR count). The van der Waals surface area contributed by atoms with E-state index >= 15 is 0 Å². The Balaban J connectivity index is 1.85. The predicted molar refractivity (Wildman–Crippen MR) is 89.9 cm³/mol. The van der Waals surface area contributed by atoms with Crippen LogP contribution in [0.1, 0.15) is 29.5 Å². The van der Waals surface area contributed by atoms with Gasteiger partial charge in [0.05, 0.1) is 6.61 Å². The van der Waals surface area contributed by atoms with Gasteiger partial charge in [0, 0.05) is 42.3 Å². The van der Waals surface area contributed by atoms with Gasteiger partial charge >= 0.3 is 4.87 Å². The quantitative estimate of drug-likeness (QED) is 0.840. The summed E-state index contributed by atoms with van der Waals surface area (Å²) >= 11 is 1.22. The average Bonchev–Trinajstić information content (AvgIpc) is 2.77. The number of ether oxygens (including phenoxy) is 1. The van der Waals surface area contributed by atoms with Crippen molar-refractivity contribution in [3.63, 3.8) is 0 Å². The first-order valence-electron chi connectivity index (χ1n) is 7.52. The Morgan fingerprint density at radius 1 is 1.43 bits per heavy atom. The predicted octanol–water partition coefficient (Wildman–Crippen LogP) is 2.03. The molecule has 1 amide bonds. The molecule has 0 aliphatic heterocycles. The van der Waals surface area contributed by atoms with E-state index in [0.29, 0.717) is 25.6 Å². The van der Waals surface area contributed by atoms with E-state index in [9.17, 15) is 9.59 Å². The molecule has 0 fully saturated rings. The van der Waals surface area contributed by atoms with Gasteiger partial charge in [-0.15, -0.1) is 0 Å². The molecular formula is C16H21N3O3S. The summed E-state index contributed by atoms with van der Waals surface area (Å²) in [5.41, 5.74) is 1.86. The van der Waals surface area contributed by atoms with Gasteiger partial charge in [-0.25, -0.2) is 4.98 Å². The van der Waals surface area contributed by atoms with E-state index in [1.165, 1.54) is 11.3 Å². The maximum absolute atomic E-state index is 12.0. The summed E-state index contributed by atoms with van der Waals surface area (Å²) < 4.78 is 6.98. The molecule has 0 aromatic carbocycles. The van der Waals surface area contributed by atoms with Crippen molar-refractivity contribution in [2.24, 2.45) is 0 Å². The van der Waals surface area contributed by atoms with Crippen LogP contribution in [-0.2, 0) is 17.9 Å². The molecule has 2 aromatic heterocycles. The van der Waals surface area contributed by atoms with Crippen molar-refractivity contribution in [3.05, 3.63) is 44.1 Å². The van der Waals surface area contributed by atoms with Crippen LogP contribution in [0.5, 0.6) is 5.88 Å². The Bertz CT molecular complexity index is 736. The van der Waals surface area contributed by atoms with Crippen LogP contribution in [0.3, 0.4) is 0 Å². The molecule has 23 heavy (non-hydrogen) atoms. The Kier molecular flexibility index (Phi) is 5.92. The first-order chi connectivity index (χ1) is 11.0. The highest BCUT2D eigenvalue weighted by Gasteiger charge is 2.09. The first-order valence-corrected chi connectivity index (χ1v) is 8.34. The number of thiazole rings is 1. The SMILES string of the molecule is CCOc1cc(CNC(=O)CCn2c(C)c(C)sc2=O)ccn1. The lowest BCUT2D eigenvalue weighted by atomic mass is 10.2. The smallest absolute Gasteiger partial charge is 0.307 e. The zero-order valence-electron chi connectivity index (χ0n) is 13.6. The van der Waals surface area contributed by atoms with Gasteiger partial charge in [-0.3, -0.25) is 9.59 Å². The summed E-state index contributed by atoms with van der Waals surface area (Å²) in [6, 6.07) is 3.64. The van der Waals surface area contributed by atoms with E-state index in [-0.39, 0.29) is 17.2 Å². The lowest BCUT2D eigenvalue weighted by Gasteiger charge is -2.08. The Morgan fingerprint density at radius 2 is 2.22 bits per heavy atom. The lowest BCUT2D eigenvalue weighted by Crippen LogP contribution is -2.26. The Hall–Kier alpha value is -2.15. The Labute approximate surface area is 139 Å². The van der Waals surface area contributed by atoms with E-state index in [4.69, 9.17) is 4.74 Å². The fourth-order valence-electron chi connectivity index (χ4n) is 2.14. The molecule has 0 spiro atoms. The third-order valence-electron chi connectivity index (χ3n) is 3.52. The normalized spacial score (nSPS) is 10.6. The minimum absolute atomic E-state index is 0.0108. The molecule has 0 aliphatic rings. The third kappa shape index (κ3) is 4.66. The summed E-state index contributed by atoms with van der Waals surface area (Å²) in [6.07, 6.45) is 1.93. The standard InChI is InChI=1S/C16H21N3O3S/c1-4-22-15-9-13(5-7-17-15)10-18-14(20)6-8-19-11(2)12(3)23-16(19)21/h5,7,9H,4,6,8,10H2,1-3H3,(H,18,20). The highest BCUT2D eigenvalue weighted by Crippen LogP contribution is 2.10. The number of hydrogen-bond donors (Lipinski definition) is 1. The van der Waals surface area contributed by atoms with Gasteiger partial charge in [0.2, 0.25) is 11.8 Å². The molecular weight excluding hydrogens is 314 g/mol. The number of nitrogens with zero attached hydrogens (tertiary/aromatic N) is 2. The van der Waals surface area contributed by atoms with Crippen LogP contribution in [0.4, 0.5) is 0 Å². The van der Waals surface area contributed by atoms with E-state index in [1.807, 2.05) is 26.8 Å². The molecule has 0 bridgehead atoms. The molecule has 2 aromatic rings. The number of carbonyl (C=O) groups excluding carboxylic acids is 1. The average molecular weight is 335 g/mol. The molecule has 0 aliphatic carbocycles. The van der Waals surface area contributed by atoms with Crippen molar-refractivity contribution in [2.75, 3.05) is 6.61 Å². The van der Waals surface area contributed by atoms with Gasteiger partial charge in [-0.1, -0.05) is 11.3 Å². The van der Waals surface area contributed by atoms with E-state index < -0.39 is 0 Å². The minimum Gasteiger partial charge on any atom is -0.478 e. The van der Waals surface area contributed by atoms with Crippen LogP contribution in [0, 0.1) is 13.8 Å². The van der Waals surface area contributed by atoms with Crippen molar-refractivity contribution < 1.29 is 9.53 Å². The highest BCUT2D eigenvalue weighted by molar-refractivity contribution is 7.09. The summed E-state index contributed by atoms with van der Waals surface area (Å²) in [4.78, 5) is 28.8. The third-order valence-corrected chi connectivity index (χ3v) is 4.52. The number of carbonyl (C=O) groups is 1. The second kappa shape index (κ2) is 7.92. The van der Waals surface area contributed by atoms with Crippen LogP contribution in [0.2, 0.25) is 0 Å². The van der Waals surface area contributed by atoms with Gasteiger partial charge in [0.25, 0.3) is 0 Å². The van der Waals surface area contributed by atoms with Gasteiger partial charge in [-0.05, 0) is 32.4 Å². The summed E-state index contributed by atoms with van der Waals surface area (Å²) in [5, 5.41) is 2.85. The van der Waals surface area contributed by atoms with Crippen LogP contribution in [-0.4, -0.2) is 22.1 Å². The van der Waals surface area contributed by atoms with Crippen LogP contribution >= 0.6 is 11.3 Å². The number of pyridine rings is 1. The van der Waals surface area contributed by atoms with Gasteiger partial charge in [-0.2, -0.15) is 0 Å². The second-order valence-electron chi connectivity index (χ2n) is 5.12. The van der Waals surface area contributed by atoms with E-state index in [1.54, 1.807) is 16.8 Å². The van der Waals surface area contributed by atoms with E-state index in [0.717, 1.165) is 16.1 Å². The van der Waals surface area contributed by atoms with Crippen molar-refractivity contribution in [2.45, 2.75) is 40.3 Å². The van der Waals surface area contributed by atoms with Crippen molar-refractivity contribution in [1.82, 2.24) is 14.9 Å². The highest BCUT2D eigenvalue weighted by atomic mass is 32.1. The van der Waals surface area contributed by atoms with E-state index in [2.05, 4.69) is 10.3 Å².